The van der Waals surface area contributed by atoms with E-state index in [0.29, 0.717) is 29.9 Å². The highest BCUT2D eigenvalue weighted by Crippen LogP contribution is 2.57. The Bertz CT molecular complexity index is 1800. The van der Waals surface area contributed by atoms with E-state index in [0.717, 1.165) is 10.9 Å². The van der Waals surface area contributed by atoms with Crippen LogP contribution in [0.1, 0.15) is 24.6 Å². The van der Waals surface area contributed by atoms with Crippen molar-refractivity contribution in [1.29, 1.82) is 0 Å². The molecule has 6 heterocycles. The van der Waals surface area contributed by atoms with E-state index in [2.05, 4.69) is 29.9 Å². The molecule has 244 valence electrons. The normalized spacial score (nSPS) is 30.0. The highest BCUT2D eigenvalue weighted by molar-refractivity contribution is 7.53. The van der Waals surface area contributed by atoms with E-state index in [1.807, 2.05) is 0 Å². The quantitative estimate of drug-likeness (QED) is 0.0828. The number of hydrogen-bond acceptors (Lipinski definition) is 16. The Labute approximate surface area is 252 Å². The zero-order chi connectivity index (χ0) is 32.1. The fourth-order valence-corrected chi connectivity index (χ4v) is 7.26. The molecule has 8 atom stereocenters. The Morgan fingerprint density at radius 3 is 2.60 bits per heavy atom. The lowest BCUT2D eigenvalue weighted by molar-refractivity contribution is -0.0700. The van der Waals surface area contributed by atoms with Gasteiger partial charge in [-0.2, -0.15) is 4.98 Å². The summed E-state index contributed by atoms with van der Waals surface area (Å²) in [6, 6.07) is 0. The highest BCUT2D eigenvalue weighted by atomic mass is 31.2. The maximum absolute atomic E-state index is 13.6. The summed E-state index contributed by atoms with van der Waals surface area (Å²) >= 11 is 0. The van der Waals surface area contributed by atoms with Crippen LogP contribution in [0.15, 0.2) is 23.8 Å². The van der Waals surface area contributed by atoms with Crippen molar-refractivity contribution in [2.45, 2.75) is 54.9 Å². The van der Waals surface area contributed by atoms with Crippen molar-refractivity contribution >= 4 is 35.9 Å². The Morgan fingerprint density at radius 2 is 1.87 bits per heavy atom. The summed E-state index contributed by atoms with van der Waals surface area (Å²) in [4.78, 5) is 46.4. The molecule has 0 aliphatic carbocycles. The molecule has 2 saturated heterocycles. The summed E-state index contributed by atoms with van der Waals surface area (Å²) < 4.78 is 38.0. The Hall–Kier alpha value is -3.43. The van der Waals surface area contributed by atoms with Gasteiger partial charge in [-0.15, -0.1) is 0 Å². The summed E-state index contributed by atoms with van der Waals surface area (Å²) in [6.45, 7) is -1.21. The van der Waals surface area contributed by atoms with E-state index < -0.39 is 68.4 Å². The molecular weight excluding hydrogens is 621 g/mol. The van der Waals surface area contributed by atoms with Crippen molar-refractivity contribution in [3.63, 3.8) is 0 Å². The highest BCUT2D eigenvalue weighted by Gasteiger charge is 2.55. The number of aromatic nitrogens is 8. The molecule has 0 aromatic carbocycles. The van der Waals surface area contributed by atoms with Crippen LogP contribution in [0.3, 0.4) is 0 Å². The van der Waals surface area contributed by atoms with Crippen LogP contribution in [0.2, 0.25) is 0 Å². The molecule has 0 amide bonds. The van der Waals surface area contributed by atoms with Crippen LogP contribution < -0.4 is 11.3 Å². The summed E-state index contributed by atoms with van der Waals surface area (Å²) in [5.74, 6) is -0.252. The summed E-state index contributed by atoms with van der Waals surface area (Å²) in [7, 11) is -3.26. The maximum Gasteiger partial charge on any atom is 0.338 e. The summed E-state index contributed by atoms with van der Waals surface area (Å²) in [6.07, 6.45) is -3.05. The molecule has 21 heteroatoms. The first-order chi connectivity index (χ1) is 21.5. The minimum atomic E-state index is -4.82. The lowest BCUT2D eigenvalue weighted by Gasteiger charge is -2.29. The fraction of sp³-hybridized carbons (Fsp3) is 0.583. The van der Waals surface area contributed by atoms with Gasteiger partial charge in [-0.3, -0.25) is 23.5 Å². The number of aliphatic hydroxyl groups excluding tert-OH is 3. The number of nitrogen functional groups attached to an aromatic ring is 1. The van der Waals surface area contributed by atoms with Crippen molar-refractivity contribution in [3.8, 4) is 0 Å². The number of aromatic amines is 1. The molecule has 8 N–H and O–H groups in total. The van der Waals surface area contributed by atoms with Gasteiger partial charge in [0.15, 0.2) is 29.3 Å². The molecule has 2 aliphatic rings. The van der Waals surface area contributed by atoms with E-state index in [4.69, 9.17) is 24.5 Å². The predicted octanol–water partition coefficient (Wildman–Crippen LogP) is -2.44. The van der Waals surface area contributed by atoms with Gasteiger partial charge >= 0.3 is 7.60 Å². The van der Waals surface area contributed by atoms with Gasteiger partial charge in [0, 0.05) is 20.0 Å². The number of nitrogens with two attached hydrogens (primary N) is 1. The van der Waals surface area contributed by atoms with Crippen LogP contribution in [-0.4, -0.2) is 127 Å². The monoisotopic (exact) mass is 653 g/mol. The van der Waals surface area contributed by atoms with Crippen molar-refractivity contribution in [3.05, 3.63) is 35.0 Å². The minimum Gasteiger partial charge on any atom is -0.394 e. The molecule has 0 saturated carbocycles. The third-order valence-corrected chi connectivity index (χ3v) is 9.87. The van der Waals surface area contributed by atoms with Gasteiger partial charge in [0.1, 0.15) is 41.4 Å². The van der Waals surface area contributed by atoms with Gasteiger partial charge in [-0.05, 0) is 0 Å². The molecule has 45 heavy (non-hydrogen) atoms. The maximum atomic E-state index is 13.6. The minimum absolute atomic E-state index is 0.0910. The van der Waals surface area contributed by atoms with Crippen LogP contribution in [0.4, 0.5) is 5.95 Å². The average molecular weight is 654 g/mol. The van der Waals surface area contributed by atoms with Crippen molar-refractivity contribution in [1.82, 2.24) is 39.0 Å². The molecule has 6 rings (SSSR count). The van der Waals surface area contributed by atoms with Crippen LogP contribution >= 0.6 is 7.60 Å². The van der Waals surface area contributed by atoms with Gasteiger partial charge in [0.05, 0.1) is 44.8 Å². The molecule has 4 aromatic heterocycles. The summed E-state index contributed by atoms with van der Waals surface area (Å²) in [5, 5.41) is 42.9. The van der Waals surface area contributed by atoms with E-state index >= 15 is 0 Å². The molecule has 20 nitrogen and oxygen atoms in total. The van der Waals surface area contributed by atoms with Crippen molar-refractivity contribution in [2.24, 2.45) is 0 Å². The van der Waals surface area contributed by atoms with Crippen LogP contribution in [0, 0.1) is 0 Å². The summed E-state index contributed by atoms with van der Waals surface area (Å²) in [5.41, 5.74) is 2.65. The number of imidazole rings is 2. The third kappa shape index (κ3) is 5.52. The molecule has 4 aromatic rings. The van der Waals surface area contributed by atoms with E-state index in [-0.39, 0.29) is 30.1 Å². The van der Waals surface area contributed by atoms with Gasteiger partial charge in [0.2, 0.25) is 5.95 Å². The van der Waals surface area contributed by atoms with Crippen LogP contribution in [0.5, 0.6) is 0 Å². The number of nitrogens with one attached hydrogen (secondary N) is 1. The number of methoxy groups -OCH3 is 1. The average Bonchev–Trinajstić information content (AvgIpc) is 3.76. The molecule has 0 bridgehead atoms. The number of fused-ring (bicyclic) bond motifs is 2. The van der Waals surface area contributed by atoms with Gasteiger partial charge in [0.25, 0.3) is 5.56 Å². The number of rotatable bonds is 11. The second-order valence-corrected chi connectivity index (χ2v) is 12.8. The van der Waals surface area contributed by atoms with Crippen molar-refractivity contribution < 1.29 is 48.6 Å². The lowest BCUT2D eigenvalue weighted by Crippen LogP contribution is -2.43. The lowest BCUT2D eigenvalue weighted by atomic mass is 9.95. The van der Waals surface area contributed by atoms with Gasteiger partial charge in [-0.1, -0.05) is 0 Å². The Morgan fingerprint density at radius 1 is 1.13 bits per heavy atom. The molecule has 0 radical (unpaired) electrons. The second-order valence-electron chi connectivity index (χ2n) is 10.8. The zero-order valence-electron chi connectivity index (χ0n) is 23.8. The first-order valence-corrected chi connectivity index (χ1v) is 15.4. The molecule has 2 fully saturated rings. The number of ether oxygens (including phenoxy) is 3. The van der Waals surface area contributed by atoms with E-state index in [1.165, 1.54) is 17.2 Å². The number of hydrogen-bond donors (Lipinski definition) is 7. The van der Waals surface area contributed by atoms with Crippen LogP contribution in [-0.2, 0) is 29.7 Å². The molecule has 0 spiro atoms. The Balaban J connectivity index is 1.18. The van der Waals surface area contributed by atoms with Gasteiger partial charge < -0.3 is 49.8 Å². The standard InChI is InChI=1S/C24H32N9O11P/c1-41-4-2-11-13-18(27-8-26-11)32(9-28-13)22-17(36)24(38,7-42-22)3-5-43-45(39,40)16-15(35)12(6-34)44-21(16)33-10-29-14-19(33)30-23(25)31-20(14)37/h8-10,12,15-17,21-22,34-36,38H,2-7H2,1H3,(H,39,40)(H3,25,30,31,37)/t12-,15-,16-,17+,21-,22-,24+/m1/s1. The van der Waals surface area contributed by atoms with E-state index in [1.54, 1.807) is 7.11 Å². The number of anilines is 1. The topological polar surface area (TPSA) is 288 Å². The molecular formula is C24H32N9O11P. The first kappa shape index (κ1) is 31.5. The van der Waals surface area contributed by atoms with Gasteiger partial charge in [-0.25, -0.2) is 19.9 Å². The second kappa shape index (κ2) is 12.1. The molecule has 2 aliphatic heterocycles. The molecule has 1 unspecified atom stereocenters. The van der Waals surface area contributed by atoms with Crippen molar-refractivity contribution in [2.75, 3.05) is 39.3 Å². The zero-order valence-corrected chi connectivity index (χ0v) is 24.7. The predicted molar refractivity (Wildman–Crippen MR) is 151 cm³/mol. The van der Waals surface area contributed by atoms with E-state index in [9.17, 15) is 34.7 Å². The number of nitrogens with zero attached hydrogens (tertiary/aromatic N) is 7. The largest absolute Gasteiger partial charge is 0.394 e. The van der Waals surface area contributed by atoms with Crippen LogP contribution in [0.25, 0.3) is 22.3 Å². The third-order valence-electron chi connectivity index (χ3n) is 8.01. The first-order valence-electron chi connectivity index (χ1n) is 13.8. The fourth-order valence-electron chi connectivity index (χ4n) is 5.62. The SMILES string of the molecule is COCCc1ncnc2c1ncn2[C@@H]1OC[C@@](O)(CCOP(=O)(O)[C@@H]2[C@H](O)[C@@H](CO)O[C@H]2n2cnc3c(=O)[nH]c(N)nc32)[C@H]1O. The Kier molecular flexibility index (Phi) is 8.46. The number of H-pyrrole nitrogens is 1. The smallest absolute Gasteiger partial charge is 0.338 e. The number of aliphatic hydroxyl groups is 4.